The Balaban J connectivity index is 2.10. The SMILES string of the molecule is O=C(Nc1cnc(Cl)cn1)C1CCCCS1(=O)=O. The van der Waals surface area contributed by atoms with Gasteiger partial charge in [0.05, 0.1) is 18.1 Å². The molecule has 1 aromatic rings. The lowest BCUT2D eigenvalue weighted by Crippen LogP contribution is -2.39. The number of anilines is 1. The highest BCUT2D eigenvalue weighted by Gasteiger charge is 2.34. The van der Waals surface area contributed by atoms with Gasteiger partial charge in [-0.15, -0.1) is 0 Å². The highest BCUT2D eigenvalue weighted by atomic mass is 35.5. The van der Waals surface area contributed by atoms with E-state index in [9.17, 15) is 13.2 Å². The highest BCUT2D eigenvalue weighted by Crippen LogP contribution is 2.20. The van der Waals surface area contributed by atoms with Crippen molar-refractivity contribution in [2.24, 2.45) is 0 Å². The van der Waals surface area contributed by atoms with E-state index in [4.69, 9.17) is 11.6 Å². The Labute approximate surface area is 110 Å². The predicted octanol–water partition coefficient (Wildman–Crippen LogP) is 1.04. The van der Waals surface area contributed by atoms with Gasteiger partial charge in [-0.1, -0.05) is 18.0 Å². The largest absolute Gasteiger partial charge is 0.308 e. The standard InChI is InChI=1S/C10H12ClN3O3S/c11-8-5-13-9(6-12-8)14-10(15)7-3-1-2-4-18(7,16)17/h5-7H,1-4H2,(H,13,14,15). The van der Waals surface area contributed by atoms with Crippen molar-refractivity contribution in [3.8, 4) is 0 Å². The van der Waals surface area contributed by atoms with Crippen LogP contribution in [0, 0.1) is 0 Å². The third-order valence-corrected chi connectivity index (χ3v) is 5.11. The molecule has 0 aromatic carbocycles. The van der Waals surface area contributed by atoms with Crippen LogP contribution in [0.2, 0.25) is 5.15 Å². The fourth-order valence-corrected chi connectivity index (χ4v) is 3.73. The van der Waals surface area contributed by atoms with Crippen LogP contribution in [0.4, 0.5) is 5.82 Å². The molecule has 2 rings (SSSR count). The first-order valence-electron chi connectivity index (χ1n) is 5.49. The fourth-order valence-electron chi connectivity index (χ4n) is 1.83. The van der Waals surface area contributed by atoms with Crippen molar-refractivity contribution >= 4 is 33.2 Å². The normalized spacial score (nSPS) is 22.4. The third-order valence-electron chi connectivity index (χ3n) is 2.74. The second-order valence-corrected chi connectivity index (χ2v) is 6.76. The summed E-state index contributed by atoms with van der Waals surface area (Å²) in [5.41, 5.74) is 0. The van der Waals surface area contributed by atoms with Crippen molar-refractivity contribution in [2.45, 2.75) is 24.5 Å². The zero-order valence-corrected chi connectivity index (χ0v) is 11.0. The lowest BCUT2D eigenvalue weighted by Gasteiger charge is -2.20. The summed E-state index contributed by atoms with van der Waals surface area (Å²) < 4.78 is 23.5. The fraction of sp³-hybridized carbons (Fsp3) is 0.500. The van der Waals surface area contributed by atoms with Gasteiger partial charge in [-0.05, 0) is 12.8 Å². The molecule has 18 heavy (non-hydrogen) atoms. The van der Waals surface area contributed by atoms with Gasteiger partial charge in [-0.25, -0.2) is 18.4 Å². The first-order valence-corrected chi connectivity index (χ1v) is 7.58. The van der Waals surface area contributed by atoms with E-state index in [1.807, 2.05) is 0 Å². The quantitative estimate of drug-likeness (QED) is 0.878. The Hall–Kier alpha value is -1.21. The molecular formula is C10H12ClN3O3S. The number of carbonyl (C=O) groups excluding carboxylic acids is 1. The Morgan fingerprint density at radius 3 is 2.72 bits per heavy atom. The van der Waals surface area contributed by atoms with Gasteiger partial charge in [-0.2, -0.15) is 0 Å². The molecule has 1 saturated heterocycles. The summed E-state index contributed by atoms with van der Waals surface area (Å²) in [6.07, 6.45) is 4.29. The summed E-state index contributed by atoms with van der Waals surface area (Å²) in [6.45, 7) is 0. The molecule has 1 aliphatic heterocycles. The zero-order valence-electron chi connectivity index (χ0n) is 9.47. The summed E-state index contributed by atoms with van der Waals surface area (Å²) in [4.78, 5) is 19.5. The second kappa shape index (κ2) is 5.19. The van der Waals surface area contributed by atoms with Crippen LogP contribution in [0.1, 0.15) is 19.3 Å². The van der Waals surface area contributed by atoms with Crippen LogP contribution in [0.3, 0.4) is 0 Å². The van der Waals surface area contributed by atoms with Crippen LogP contribution in [0.15, 0.2) is 12.4 Å². The molecule has 0 saturated carbocycles. The summed E-state index contributed by atoms with van der Waals surface area (Å²) in [6, 6.07) is 0. The van der Waals surface area contributed by atoms with E-state index in [0.717, 1.165) is 6.42 Å². The predicted molar refractivity (Wildman–Crippen MR) is 67.1 cm³/mol. The third kappa shape index (κ3) is 2.97. The molecule has 8 heteroatoms. The molecule has 2 heterocycles. The van der Waals surface area contributed by atoms with Gasteiger partial charge < -0.3 is 5.32 Å². The average Bonchev–Trinajstić information content (AvgIpc) is 2.31. The summed E-state index contributed by atoms with van der Waals surface area (Å²) >= 11 is 5.56. The van der Waals surface area contributed by atoms with E-state index >= 15 is 0 Å². The molecule has 1 aliphatic rings. The Kier molecular flexibility index (Phi) is 3.82. The van der Waals surface area contributed by atoms with Crippen LogP contribution < -0.4 is 5.32 Å². The topological polar surface area (TPSA) is 89.0 Å². The van der Waals surface area contributed by atoms with Gasteiger partial charge in [0.15, 0.2) is 15.7 Å². The van der Waals surface area contributed by atoms with Gasteiger partial charge in [0, 0.05) is 0 Å². The van der Waals surface area contributed by atoms with Crippen LogP contribution in [0.5, 0.6) is 0 Å². The van der Waals surface area contributed by atoms with Crippen LogP contribution in [-0.4, -0.2) is 35.3 Å². The summed E-state index contributed by atoms with van der Waals surface area (Å²) in [7, 11) is -3.34. The van der Waals surface area contributed by atoms with Gasteiger partial charge in [0.1, 0.15) is 10.4 Å². The molecule has 1 atom stereocenters. The monoisotopic (exact) mass is 289 g/mol. The van der Waals surface area contributed by atoms with Gasteiger partial charge in [-0.3, -0.25) is 4.79 Å². The van der Waals surface area contributed by atoms with E-state index < -0.39 is 21.0 Å². The average molecular weight is 290 g/mol. The van der Waals surface area contributed by atoms with E-state index in [0.29, 0.717) is 12.8 Å². The number of rotatable bonds is 2. The van der Waals surface area contributed by atoms with Gasteiger partial charge in [0.25, 0.3) is 0 Å². The number of halogens is 1. The van der Waals surface area contributed by atoms with E-state index in [1.54, 1.807) is 0 Å². The first-order chi connectivity index (χ1) is 8.49. The summed E-state index contributed by atoms with van der Waals surface area (Å²) in [5.74, 6) is -0.284. The van der Waals surface area contributed by atoms with Crippen LogP contribution >= 0.6 is 11.6 Å². The maximum absolute atomic E-state index is 11.9. The van der Waals surface area contributed by atoms with Crippen molar-refractivity contribution < 1.29 is 13.2 Å². The Bertz CT molecular complexity index is 544. The second-order valence-electron chi connectivity index (χ2n) is 4.07. The van der Waals surface area contributed by atoms with E-state index in [-0.39, 0.29) is 16.7 Å². The number of aromatic nitrogens is 2. The van der Waals surface area contributed by atoms with Crippen molar-refractivity contribution in [3.63, 3.8) is 0 Å². The highest BCUT2D eigenvalue weighted by molar-refractivity contribution is 7.92. The number of nitrogens with zero attached hydrogens (tertiary/aromatic N) is 2. The molecule has 1 amide bonds. The molecule has 0 spiro atoms. The molecule has 1 N–H and O–H groups in total. The van der Waals surface area contributed by atoms with E-state index in [2.05, 4.69) is 15.3 Å². The number of nitrogens with one attached hydrogen (secondary N) is 1. The molecule has 98 valence electrons. The number of sulfone groups is 1. The molecule has 0 radical (unpaired) electrons. The maximum atomic E-state index is 11.9. The van der Waals surface area contributed by atoms with Crippen molar-refractivity contribution in [1.29, 1.82) is 0 Å². The number of amides is 1. The van der Waals surface area contributed by atoms with Gasteiger partial charge in [0.2, 0.25) is 5.91 Å². The minimum Gasteiger partial charge on any atom is -0.308 e. The smallest absolute Gasteiger partial charge is 0.243 e. The minimum atomic E-state index is -3.34. The Morgan fingerprint density at radius 2 is 2.11 bits per heavy atom. The number of hydrogen-bond donors (Lipinski definition) is 1. The number of carbonyl (C=O) groups is 1. The lowest BCUT2D eigenvalue weighted by atomic mass is 10.2. The molecule has 6 nitrogen and oxygen atoms in total. The number of hydrogen-bond acceptors (Lipinski definition) is 5. The zero-order chi connectivity index (χ0) is 13.2. The molecule has 1 fully saturated rings. The maximum Gasteiger partial charge on any atom is 0.243 e. The first kappa shape index (κ1) is 13.2. The Morgan fingerprint density at radius 1 is 1.33 bits per heavy atom. The van der Waals surface area contributed by atoms with Crippen LogP contribution in [0.25, 0.3) is 0 Å². The van der Waals surface area contributed by atoms with E-state index in [1.165, 1.54) is 12.4 Å². The van der Waals surface area contributed by atoms with Crippen molar-refractivity contribution in [2.75, 3.05) is 11.1 Å². The van der Waals surface area contributed by atoms with Crippen molar-refractivity contribution in [1.82, 2.24) is 9.97 Å². The lowest BCUT2D eigenvalue weighted by molar-refractivity contribution is -0.116. The molecule has 1 aromatic heterocycles. The van der Waals surface area contributed by atoms with Gasteiger partial charge >= 0.3 is 0 Å². The minimum absolute atomic E-state index is 0.0668. The van der Waals surface area contributed by atoms with Crippen molar-refractivity contribution in [3.05, 3.63) is 17.5 Å². The van der Waals surface area contributed by atoms with Crippen LogP contribution in [-0.2, 0) is 14.6 Å². The molecule has 0 bridgehead atoms. The summed E-state index contributed by atoms with van der Waals surface area (Å²) in [5, 5.41) is 1.67. The molecule has 0 aliphatic carbocycles. The molecule has 1 unspecified atom stereocenters. The molecular weight excluding hydrogens is 278 g/mol.